The summed E-state index contributed by atoms with van der Waals surface area (Å²) in [5.41, 5.74) is 0.733. The van der Waals surface area contributed by atoms with E-state index in [1.54, 1.807) is 0 Å². The summed E-state index contributed by atoms with van der Waals surface area (Å²) in [6.45, 7) is 11.2. The smallest absolute Gasteiger partial charge is 0.0326 e. The van der Waals surface area contributed by atoms with Crippen molar-refractivity contribution in [2.24, 2.45) is 11.3 Å². The van der Waals surface area contributed by atoms with Crippen LogP contribution in [0.5, 0.6) is 0 Å². The van der Waals surface area contributed by atoms with Crippen molar-refractivity contribution < 1.29 is 0 Å². The first kappa shape index (κ1) is 15.0. The minimum Gasteiger partial charge on any atom is -0.0683 e. The van der Waals surface area contributed by atoms with Gasteiger partial charge in [-0.1, -0.05) is 66.7 Å². The molecule has 0 spiro atoms. The van der Waals surface area contributed by atoms with Crippen LogP contribution >= 0.6 is 0 Å². The third-order valence-electron chi connectivity index (χ3n) is 3.62. The van der Waals surface area contributed by atoms with E-state index in [4.69, 9.17) is 0 Å². The van der Waals surface area contributed by atoms with Gasteiger partial charge in [-0.2, -0.15) is 0 Å². The summed E-state index contributed by atoms with van der Waals surface area (Å²) >= 11 is 0. The molecule has 0 heterocycles. The second-order valence-electron chi connectivity index (χ2n) is 5.66. The molecule has 0 aromatic rings. The number of unbranched alkanes of at least 4 members (excludes halogenated alkanes) is 1. The van der Waals surface area contributed by atoms with Gasteiger partial charge in [0.05, 0.1) is 0 Å². The molecule has 1 rings (SSSR count). The fourth-order valence-electron chi connectivity index (χ4n) is 2.58. The highest BCUT2D eigenvalue weighted by molar-refractivity contribution is 4.79. The van der Waals surface area contributed by atoms with Gasteiger partial charge in [-0.15, -0.1) is 0 Å². The zero-order valence-corrected chi connectivity index (χ0v) is 11.7. The van der Waals surface area contributed by atoms with Crippen LogP contribution in [0.1, 0.15) is 86.0 Å². The zero-order valence-electron chi connectivity index (χ0n) is 11.7. The Morgan fingerprint density at radius 1 is 1.00 bits per heavy atom. The van der Waals surface area contributed by atoms with Crippen LogP contribution in [0.2, 0.25) is 0 Å². The van der Waals surface area contributed by atoms with E-state index in [0.29, 0.717) is 0 Å². The number of hydrogen-bond acceptors (Lipinski definition) is 0. The van der Waals surface area contributed by atoms with Crippen LogP contribution in [-0.4, -0.2) is 0 Å². The normalized spacial score (nSPS) is 18.8. The van der Waals surface area contributed by atoms with Crippen LogP contribution in [0.4, 0.5) is 0 Å². The maximum Gasteiger partial charge on any atom is -0.0326 e. The van der Waals surface area contributed by atoms with E-state index in [9.17, 15) is 0 Å². The molecule has 0 amide bonds. The van der Waals surface area contributed by atoms with Gasteiger partial charge in [0.25, 0.3) is 0 Å². The molecule has 1 aliphatic carbocycles. The Bertz CT molecular complexity index is 129. The van der Waals surface area contributed by atoms with Crippen molar-refractivity contribution >= 4 is 0 Å². The van der Waals surface area contributed by atoms with Crippen molar-refractivity contribution in [3.63, 3.8) is 0 Å². The maximum absolute atomic E-state index is 2.50. The molecule has 92 valence electrons. The van der Waals surface area contributed by atoms with E-state index in [0.717, 1.165) is 11.3 Å². The second kappa shape index (κ2) is 8.19. The maximum atomic E-state index is 2.50. The van der Waals surface area contributed by atoms with Crippen LogP contribution in [-0.2, 0) is 0 Å². The standard InChI is InChI=1S/C13H26.C2H6/c1-12(2)8-4-5-9-13(3)10-6-7-11-13;1-2/h12H,4-11H2,1-3H3;1-2H3. The molecule has 15 heavy (non-hydrogen) atoms. The highest BCUT2D eigenvalue weighted by atomic mass is 14.3. The predicted molar refractivity (Wildman–Crippen MR) is 71.2 cm³/mol. The summed E-state index contributed by atoms with van der Waals surface area (Å²) in [5, 5.41) is 0. The molecule has 0 aromatic heterocycles. The van der Waals surface area contributed by atoms with E-state index in [2.05, 4.69) is 20.8 Å². The van der Waals surface area contributed by atoms with Crippen molar-refractivity contribution in [1.29, 1.82) is 0 Å². The van der Waals surface area contributed by atoms with Gasteiger partial charge in [0.15, 0.2) is 0 Å². The van der Waals surface area contributed by atoms with E-state index in [1.807, 2.05) is 13.8 Å². The summed E-state index contributed by atoms with van der Waals surface area (Å²) in [7, 11) is 0. The highest BCUT2D eigenvalue weighted by Crippen LogP contribution is 2.41. The Morgan fingerprint density at radius 2 is 1.53 bits per heavy atom. The van der Waals surface area contributed by atoms with Gasteiger partial charge in [-0.05, 0) is 30.6 Å². The Labute approximate surface area is 97.8 Å². The van der Waals surface area contributed by atoms with Gasteiger partial charge in [0.2, 0.25) is 0 Å². The third kappa shape index (κ3) is 6.98. The van der Waals surface area contributed by atoms with Crippen LogP contribution in [0.3, 0.4) is 0 Å². The molecule has 0 nitrogen and oxygen atoms in total. The summed E-state index contributed by atoms with van der Waals surface area (Å²) in [6, 6.07) is 0. The van der Waals surface area contributed by atoms with Crippen molar-refractivity contribution in [3.05, 3.63) is 0 Å². The lowest BCUT2D eigenvalue weighted by molar-refractivity contribution is 0.292. The van der Waals surface area contributed by atoms with Gasteiger partial charge in [-0.25, -0.2) is 0 Å². The lowest BCUT2D eigenvalue weighted by Gasteiger charge is -2.23. The first-order valence-corrected chi connectivity index (χ1v) is 7.12. The molecule has 1 aliphatic rings. The predicted octanol–water partition coefficient (Wildman–Crippen LogP) is 5.81. The molecule has 0 radical (unpaired) electrons. The summed E-state index contributed by atoms with van der Waals surface area (Å²) < 4.78 is 0. The summed E-state index contributed by atoms with van der Waals surface area (Å²) in [4.78, 5) is 0. The van der Waals surface area contributed by atoms with Crippen LogP contribution < -0.4 is 0 Å². The molecule has 1 fully saturated rings. The fourth-order valence-corrected chi connectivity index (χ4v) is 2.58. The highest BCUT2D eigenvalue weighted by Gasteiger charge is 2.27. The first-order valence-electron chi connectivity index (χ1n) is 7.12. The van der Waals surface area contributed by atoms with E-state index < -0.39 is 0 Å². The third-order valence-corrected chi connectivity index (χ3v) is 3.62. The molecular weight excluding hydrogens is 180 g/mol. The number of rotatable bonds is 5. The zero-order chi connectivity index (χ0) is 11.7. The molecule has 0 aliphatic heterocycles. The van der Waals surface area contributed by atoms with Crippen molar-refractivity contribution in [3.8, 4) is 0 Å². The number of hydrogen-bond donors (Lipinski definition) is 0. The van der Waals surface area contributed by atoms with Gasteiger partial charge < -0.3 is 0 Å². The Kier molecular flexibility index (Phi) is 8.19. The average molecular weight is 212 g/mol. The van der Waals surface area contributed by atoms with Gasteiger partial charge >= 0.3 is 0 Å². The minimum atomic E-state index is 0.733. The van der Waals surface area contributed by atoms with Gasteiger partial charge in [0, 0.05) is 0 Å². The average Bonchev–Trinajstić information content (AvgIpc) is 2.64. The molecule has 0 atom stereocenters. The fraction of sp³-hybridized carbons (Fsp3) is 1.00. The van der Waals surface area contributed by atoms with E-state index in [-0.39, 0.29) is 0 Å². The van der Waals surface area contributed by atoms with E-state index >= 15 is 0 Å². The SMILES string of the molecule is CC.CC(C)CCCCC1(C)CCCC1. The quantitative estimate of drug-likeness (QED) is 0.504. The van der Waals surface area contributed by atoms with Crippen LogP contribution in [0.15, 0.2) is 0 Å². The molecular formula is C15H32. The van der Waals surface area contributed by atoms with Crippen LogP contribution in [0, 0.1) is 11.3 Å². The first-order chi connectivity index (χ1) is 7.12. The molecule has 0 N–H and O–H groups in total. The Balaban J connectivity index is 0.000000921. The Hall–Kier alpha value is 0. The molecule has 1 saturated carbocycles. The van der Waals surface area contributed by atoms with Crippen molar-refractivity contribution in [1.82, 2.24) is 0 Å². The molecule has 0 saturated heterocycles. The molecule has 0 bridgehead atoms. The van der Waals surface area contributed by atoms with Crippen molar-refractivity contribution in [2.75, 3.05) is 0 Å². The summed E-state index contributed by atoms with van der Waals surface area (Å²) in [5.74, 6) is 0.899. The lowest BCUT2D eigenvalue weighted by atomic mass is 9.83. The second-order valence-corrected chi connectivity index (χ2v) is 5.66. The van der Waals surface area contributed by atoms with Gasteiger partial charge in [-0.3, -0.25) is 0 Å². The molecule has 0 aromatic carbocycles. The minimum absolute atomic E-state index is 0.733. The lowest BCUT2D eigenvalue weighted by Crippen LogP contribution is -2.10. The largest absolute Gasteiger partial charge is 0.0683 e. The van der Waals surface area contributed by atoms with Crippen LogP contribution in [0.25, 0.3) is 0 Å². The molecule has 0 unspecified atom stereocenters. The monoisotopic (exact) mass is 212 g/mol. The van der Waals surface area contributed by atoms with Crippen molar-refractivity contribution in [2.45, 2.75) is 86.0 Å². The Morgan fingerprint density at radius 3 is 2.00 bits per heavy atom. The van der Waals surface area contributed by atoms with E-state index in [1.165, 1.54) is 51.4 Å². The summed E-state index contributed by atoms with van der Waals surface area (Å²) in [6.07, 6.45) is 11.8. The topological polar surface area (TPSA) is 0 Å². The van der Waals surface area contributed by atoms with Gasteiger partial charge in [0.1, 0.15) is 0 Å². The molecule has 0 heteroatoms.